The number of hydrogen-bond donors (Lipinski definition) is 0. The van der Waals surface area contributed by atoms with Crippen molar-refractivity contribution in [2.45, 2.75) is 32.2 Å². The van der Waals surface area contributed by atoms with Gasteiger partial charge >= 0.3 is 0 Å². The molecule has 1 atom stereocenters. The van der Waals surface area contributed by atoms with Crippen LogP contribution in [0.25, 0.3) is 0 Å². The second-order valence-electron chi connectivity index (χ2n) is 4.89. The summed E-state index contributed by atoms with van der Waals surface area (Å²) in [5.41, 5.74) is 0. The fourth-order valence-electron chi connectivity index (χ4n) is 2.33. The van der Waals surface area contributed by atoms with E-state index in [0.29, 0.717) is 0 Å². The van der Waals surface area contributed by atoms with Gasteiger partial charge in [0.25, 0.3) is 0 Å². The third-order valence-electron chi connectivity index (χ3n) is 3.78. The van der Waals surface area contributed by atoms with Crippen molar-refractivity contribution in [3.8, 4) is 0 Å². The lowest BCUT2D eigenvalue weighted by Gasteiger charge is -2.40. The van der Waals surface area contributed by atoms with Crippen molar-refractivity contribution in [1.29, 1.82) is 0 Å². The Labute approximate surface area is 81.9 Å². The molecule has 13 heavy (non-hydrogen) atoms. The molecule has 1 saturated heterocycles. The van der Waals surface area contributed by atoms with Crippen LogP contribution < -0.4 is 0 Å². The molecule has 1 saturated carbocycles. The Morgan fingerprint density at radius 1 is 1.23 bits per heavy atom. The number of nitrogens with zero attached hydrogens (tertiary/aromatic N) is 2. The molecule has 0 radical (unpaired) electrons. The second kappa shape index (κ2) is 3.97. The zero-order chi connectivity index (χ0) is 9.26. The smallest absolute Gasteiger partial charge is 0.0192 e. The van der Waals surface area contributed by atoms with Crippen molar-refractivity contribution >= 4 is 0 Å². The highest BCUT2D eigenvalue weighted by Crippen LogP contribution is 2.27. The van der Waals surface area contributed by atoms with Crippen LogP contribution in [0, 0.1) is 5.92 Å². The molecule has 2 aliphatic rings. The molecule has 0 bridgehead atoms. The standard InChI is InChI=1S/C11H22N2/c1-10-8-13(7-6-12(10)2)9-11-4-3-5-11/h10-11H,3-9H2,1-2H3. The van der Waals surface area contributed by atoms with E-state index in [1.807, 2.05) is 0 Å². The zero-order valence-corrected chi connectivity index (χ0v) is 9.00. The van der Waals surface area contributed by atoms with Crippen molar-refractivity contribution in [3.05, 3.63) is 0 Å². The Morgan fingerprint density at radius 3 is 2.54 bits per heavy atom. The molecule has 2 fully saturated rings. The van der Waals surface area contributed by atoms with Crippen LogP contribution in [0.2, 0.25) is 0 Å². The van der Waals surface area contributed by atoms with Crippen LogP contribution >= 0.6 is 0 Å². The molecular weight excluding hydrogens is 160 g/mol. The van der Waals surface area contributed by atoms with Gasteiger partial charge in [0.2, 0.25) is 0 Å². The van der Waals surface area contributed by atoms with E-state index in [4.69, 9.17) is 0 Å². The Bertz CT molecular complexity index is 163. The van der Waals surface area contributed by atoms with Gasteiger partial charge in [0.1, 0.15) is 0 Å². The Hall–Kier alpha value is -0.0800. The largest absolute Gasteiger partial charge is 0.301 e. The third kappa shape index (κ3) is 2.23. The first kappa shape index (κ1) is 9.47. The quantitative estimate of drug-likeness (QED) is 0.637. The van der Waals surface area contributed by atoms with Crippen LogP contribution in [0.15, 0.2) is 0 Å². The van der Waals surface area contributed by atoms with E-state index in [1.165, 1.54) is 45.4 Å². The Morgan fingerprint density at radius 2 is 2.00 bits per heavy atom. The molecule has 0 N–H and O–H groups in total. The van der Waals surface area contributed by atoms with Crippen molar-refractivity contribution in [2.24, 2.45) is 5.92 Å². The lowest BCUT2D eigenvalue weighted by molar-refractivity contribution is 0.0786. The maximum Gasteiger partial charge on any atom is 0.0192 e. The zero-order valence-electron chi connectivity index (χ0n) is 9.00. The molecule has 0 aromatic carbocycles. The average molecular weight is 182 g/mol. The van der Waals surface area contributed by atoms with Crippen molar-refractivity contribution in [3.63, 3.8) is 0 Å². The lowest BCUT2D eigenvalue weighted by Crippen LogP contribution is -2.51. The van der Waals surface area contributed by atoms with E-state index in [0.717, 1.165) is 12.0 Å². The van der Waals surface area contributed by atoms with Gasteiger partial charge in [-0.05, 0) is 32.7 Å². The fourth-order valence-corrected chi connectivity index (χ4v) is 2.33. The highest BCUT2D eigenvalue weighted by Gasteiger charge is 2.25. The first-order chi connectivity index (χ1) is 6.25. The van der Waals surface area contributed by atoms with Crippen molar-refractivity contribution in [1.82, 2.24) is 9.80 Å². The van der Waals surface area contributed by atoms with Crippen LogP contribution in [-0.4, -0.2) is 49.1 Å². The fraction of sp³-hybridized carbons (Fsp3) is 1.00. The topological polar surface area (TPSA) is 6.48 Å². The van der Waals surface area contributed by atoms with Crippen LogP contribution in [0.3, 0.4) is 0 Å². The van der Waals surface area contributed by atoms with Gasteiger partial charge in [-0.1, -0.05) is 6.42 Å². The summed E-state index contributed by atoms with van der Waals surface area (Å²) in [4.78, 5) is 5.13. The first-order valence-electron chi connectivity index (χ1n) is 5.68. The van der Waals surface area contributed by atoms with E-state index in [2.05, 4.69) is 23.8 Å². The Kier molecular flexibility index (Phi) is 2.89. The maximum atomic E-state index is 2.66. The predicted octanol–water partition coefficient (Wildman–Crippen LogP) is 1.42. The first-order valence-corrected chi connectivity index (χ1v) is 5.68. The summed E-state index contributed by atoms with van der Waals surface area (Å²) in [5.74, 6) is 1.04. The van der Waals surface area contributed by atoms with Gasteiger partial charge in [-0.3, -0.25) is 0 Å². The van der Waals surface area contributed by atoms with Gasteiger partial charge in [-0.2, -0.15) is 0 Å². The van der Waals surface area contributed by atoms with Gasteiger partial charge in [-0.25, -0.2) is 0 Å². The van der Waals surface area contributed by atoms with Gasteiger partial charge in [0.05, 0.1) is 0 Å². The molecule has 0 aromatic rings. The van der Waals surface area contributed by atoms with Crippen molar-refractivity contribution in [2.75, 3.05) is 33.2 Å². The molecule has 0 aromatic heterocycles. The van der Waals surface area contributed by atoms with Crippen LogP contribution in [-0.2, 0) is 0 Å². The molecule has 76 valence electrons. The lowest BCUT2D eigenvalue weighted by atomic mass is 9.85. The summed E-state index contributed by atoms with van der Waals surface area (Å²) in [6.45, 7) is 7.54. The number of piperazine rings is 1. The minimum absolute atomic E-state index is 0.758. The molecule has 1 heterocycles. The molecular formula is C11H22N2. The summed E-state index contributed by atoms with van der Waals surface area (Å²) in [6.07, 6.45) is 4.45. The SMILES string of the molecule is CC1CN(CC2CCC2)CCN1C. The normalized spacial score (nSPS) is 33.2. The number of hydrogen-bond acceptors (Lipinski definition) is 2. The predicted molar refractivity (Wildman–Crippen MR) is 55.9 cm³/mol. The van der Waals surface area contributed by atoms with Gasteiger partial charge in [-0.15, -0.1) is 0 Å². The molecule has 2 rings (SSSR count). The van der Waals surface area contributed by atoms with Crippen LogP contribution in [0.1, 0.15) is 26.2 Å². The van der Waals surface area contributed by atoms with E-state index < -0.39 is 0 Å². The Balaban J connectivity index is 1.74. The molecule has 0 amide bonds. The minimum Gasteiger partial charge on any atom is -0.301 e. The summed E-state index contributed by atoms with van der Waals surface area (Å²) in [7, 11) is 2.24. The van der Waals surface area contributed by atoms with Crippen molar-refractivity contribution < 1.29 is 0 Å². The van der Waals surface area contributed by atoms with E-state index in [-0.39, 0.29) is 0 Å². The average Bonchev–Trinajstić information content (AvgIpc) is 2.04. The van der Waals surface area contributed by atoms with Crippen LogP contribution in [0.4, 0.5) is 0 Å². The highest BCUT2D eigenvalue weighted by molar-refractivity contribution is 4.80. The highest BCUT2D eigenvalue weighted by atomic mass is 15.3. The summed E-state index contributed by atoms with van der Waals surface area (Å²) >= 11 is 0. The molecule has 1 unspecified atom stereocenters. The van der Waals surface area contributed by atoms with Crippen LogP contribution in [0.5, 0.6) is 0 Å². The molecule has 2 heteroatoms. The number of rotatable bonds is 2. The minimum atomic E-state index is 0.758. The summed E-state index contributed by atoms with van der Waals surface area (Å²) < 4.78 is 0. The summed E-state index contributed by atoms with van der Waals surface area (Å²) in [5, 5.41) is 0. The van der Waals surface area contributed by atoms with Gasteiger partial charge < -0.3 is 9.80 Å². The van der Waals surface area contributed by atoms with E-state index in [1.54, 1.807) is 0 Å². The monoisotopic (exact) mass is 182 g/mol. The molecule has 1 aliphatic heterocycles. The molecule has 0 spiro atoms. The van der Waals surface area contributed by atoms with E-state index >= 15 is 0 Å². The molecule has 2 nitrogen and oxygen atoms in total. The third-order valence-corrected chi connectivity index (χ3v) is 3.78. The molecule has 1 aliphatic carbocycles. The van der Waals surface area contributed by atoms with Gasteiger partial charge in [0, 0.05) is 32.2 Å². The second-order valence-corrected chi connectivity index (χ2v) is 4.89. The van der Waals surface area contributed by atoms with E-state index in [9.17, 15) is 0 Å². The maximum absolute atomic E-state index is 2.66. The van der Waals surface area contributed by atoms with Gasteiger partial charge in [0.15, 0.2) is 0 Å². The summed E-state index contributed by atoms with van der Waals surface area (Å²) in [6, 6.07) is 0.758. The number of likely N-dealkylation sites (N-methyl/N-ethyl adjacent to an activating group) is 1.